The summed E-state index contributed by atoms with van der Waals surface area (Å²) in [6, 6.07) is 37.8. The average Bonchev–Trinajstić information content (AvgIpc) is 3.09. The molecule has 4 rings (SSSR count). The molecule has 8 nitrogen and oxygen atoms in total. The molecule has 4 amide bonds. The molecular weight excluding hydrogens is 564 g/mol. The zero-order valence-electron chi connectivity index (χ0n) is 24.9. The number of nitrogens with one attached hydrogen (secondary N) is 2. The van der Waals surface area contributed by atoms with Gasteiger partial charge in [-0.1, -0.05) is 97.1 Å². The van der Waals surface area contributed by atoms with Crippen molar-refractivity contribution in [3.05, 3.63) is 157 Å². The molecule has 228 valence electrons. The van der Waals surface area contributed by atoms with Crippen LogP contribution < -0.4 is 20.4 Å². The van der Waals surface area contributed by atoms with Gasteiger partial charge < -0.3 is 20.4 Å². The van der Waals surface area contributed by atoms with Crippen molar-refractivity contribution in [2.45, 2.75) is 19.5 Å². The molecule has 0 atom stereocenters. The van der Waals surface area contributed by atoms with Crippen molar-refractivity contribution in [2.24, 2.45) is 0 Å². The topological polar surface area (TPSA) is 98.8 Å². The minimum absolute atomic E-state index is 0.297. The third-order valence-electron chi connectivity index (χ3n) is 6.74. The fourth-order valence-corrected chi connectivity index (χ4v) is 4.44. The maximum atomic E-state index is 13.0. The number of nitrogens with zero attached hydrogens (tertiary/aromatic N) is 2. The van der Waals surface area contributed by atoms with E-state index in [0.717, 1.165) is 22.5 Å². The molecule has 2 N–H and O–H groups in total. The van der Waals surface area contributed by atoms with E-state index in [9.17, 15) is 19.2 Å². The summed E-state index contributed by atoms with van der Waals surface area (Å²) < 4.78 is 0. The van der Waals surface area contributed by atoms with Crippen molar-refractivity contribution < 1.29 is 19.2 Å². The van der Waals surface area contributed by atoms with Crippen LogP contribution in [0.3, 0.4) is 0 Å². The molecule has 0 saturated heterocycles. The number of anilines is 2. The Morgan fingerprint density at radius 1 is 0.467 bits per heavy atom. The van der Waals surface area contributed by atoms with Crippen LogP contribution >= 0.6 is 0 Å². The Kier molecular flexibility index (Phi) is 12.4. The number of para-hydroxylation sites is 2. The molecule has 0 bridgehead atoms. The maximum absolute atomic E-state index is 13.0. The summed E-state index contributed by atoms with van der Waals surface area (Å²) in [5, 5.41) is 5.44. The normalized spacial score (nSPS) is 10.8. The zero-order valence-corrected chi connectivity index (χ0v) is 24.9. The van der Waals surface area contributed by atoms with Gasteiger partial charge in [0, 0.05) is 48.8 Å². The summed E-state index contributed by atoms with van der Waals surface area (Å²) in [6.07, 6.45) is 5.40. The van der Waals surface area contributed by atoms with Gasteiger partial charge in [-0.25, -0.2) is 0 Å². The maximum Gasteiger partial charge on any atom is 0.251 e. The van der Waals surface area contributed by atoms with Crippen molar-refractivity contribution in [1.29, 1.82) is 0 Å². The fourth-order valence-electron chi connectivity index (χ4n) is 4.44. The highest BCUT2D eigenvalue weighted by Gasteiger charge is 2.15. The summed E-state index contributed by atoms with van der Waals surface area (Å²) in [5.41, 5.74) is 3.39. The quantitative estimate of drug-likeness (QED) is 0.154. The Hall–Kier alpha value is -5.76. The predicted molar refractivity (Wildman–Crippen MR) is 177 cm³/mol. The van der Waals surface area contributed by atoms with Gasteiger partial charge in [-0.3, -0.25) is 19.2 Å². The van der Waals surface area contributed by atoms with E-state index in [4.69, 9.17) is 0 Å². The minimum Gasteiger partial charge on any atom is -0.352 e. The number of benzene rings is 4. The Morgan fingerprint density at radius 2 is 0.800 bits per heavy atom. The van der Waals surface area contributed by atoms with Crippen molar-refractivity contribution in [2.75, 3.05) is 22.9 Å². The molecular formula is C37H36N4O4. The summed E-state index contributed by atoms with van der Waals surface area (Å²) in [6.45, 7) is 1.33. The second kappa shape index (κ2) is 17.4. The lowest BCUT2D eigenvalue weighted by atomic mass is 10.2. The van der Waals surface area contributed by atoms with Gasteiger partial charge in [0.2, 0.25) is 11.8 Å². The van der Waals surface area contributed by atoms with Crippen LogP contribution in [0.1, 0.15) is 17.5 Å². The Bertz CT molecular complexity index is 1470. The standard InChI is InChI=1S/C37H36N4O4/c42-34(22-24-36(44)40(32-18-9-3-10-19-32)28-30-14-5-1-6-15-30)38-26-13-27-39-35(43)23-25-37(45)41(33-20-11-4-12-21-33)29-31-16-7-2-8-17-31/h1-12,14-25H,13,26-29H2,(H,38,42)(H,39,43)/b24-22+,25-23+. The number of hydrogen-bond acceptors (Lipinski definition) is 4. The van der Waals surface area contributed by atoms with Gasteiger partial charge in [0.15, 0.2) is 0 Å². The van der Waals surface area contributed by atoms with Crippen molar-refractivity contribution in [3.8, 4) is 0 Å². The molecule has 0 aliphatic heterocycles. The molecule has 4 aromatic rings. The molecule has 8 heteroatoms. The first-order valence-corrected chi connectivity index (χ1v) is 14.7. The molecule has 0 unspecified atom stereocenters. The van der Waals surface area contributed by atoms with Gasteiger partial charge in [-0.15, -0.1) is 0 Å². The average molecular weight is 601 g/mol. The SMILES string of the molecule is O=C(/C=C/C(=O)N(Cc1ccccc1)c1ccccc1)NCCCNC(=O)/C=C/C(=O)N(Cc1ccccc1)c1ccccc1. The molecule has 4 aromatic carbocycles. The highest BCUT2D eigenvalue weighted by atomic mass is 16.2. The van der Waals surface area contributed by atoms with E-state index >= 15 is 0 Å². The fraction of sp³-hybridized carbons (Fsp3) is 0.135. The molecule has 0 fully saturated rings. The molecule has 0 aliphatic carbocycles. The summed E-state index contributed by atoms with van der Waals surface area (Å²) in [7, 11) is 0. The van der Waals surface area contributed by atoms with Gasteiger partial charge in [0.1, 0.15) is 0 Å². The van der Waals surface area contributed by atoms with Crippen LogP contribution in [-0.2, 0) is 32.3 Å². The molecule has 45 heavy (non-hydrogen) atoms. The van der Waals surface area contributed by atoms with Crippen LogP contribution in [-0.4, -0.2) is 36.7 Å². The number of hydrogen-bond donors (Lipinski definition) is 2. The highest BCUT2D eigenvalue weighted by molar-refractivity contribution is 6.05. The van der Waals surface area contributed by atoms with Gasteiger partial charge in [-0.05, 0) is 41.8 Å². The van der Waals surface area contributed by atoms with Gasteiger partial charge in [0.25, 0.3) is 11.8 Å². The van der Waals surface area contributed by atoms with Crippen LogP contribution in [0.2, 0.25) is 0 Å². The lowest BCUT2D eigenvalue weighted by Crippen LogP contribution is -2.31. The largest absolute Gasteiger partial charge is 0.352 e. The van der Waals surface area contributed by atoms with Crippen LogP contribution in [0.25, 0.3) is 0 Å². The second-order valence-corrected chi connectivity index (χ2v) is 10.1. The molecule has 0 radical (unpaired) electrons. The van der Waals surface area contributed by atoms with E-state index in [1.54, 1.807) is 9.80 Å². The lowest BCUT2D eigenvalue weighted by molar-refractivity contribution is -0.118. The number of carbonyl (C=O) groups is 4. The summed E-state index contributed by atoms with van der Waals surface area (Å²) in [4.78, 5) is 53.9. The summed E-state index contributed by atoms with van der Waals surface area (Å²) in [5.74, 6) is -1.45. The summed E-state index contributed by atoms with van der Waals surface area (Å²) >= 11 is 0. The Morgan fingerprint density at radius 3 is 1.16 bits per heavy atom. The third kappa shape index (κ3) is 10.8. The third-order valence-corrected chi connectivity index (χ3v) is 6.74. The first-order chi connectivity index (χ1) is 22.0. The van der Waals surface area contributed by atoms with E-state index in [-0.39, 0.29) is 11.8 Å². The minimum atomic E-state index is -0.410. The van der Waals surface area contributed by atoms with Gasteiger partial charge in [0.05, 0.1) is 13.1 Å². The van der Waals surface area contributed by atoms with Crippen molar-refractivity contribution in [1.82, 2.24) is 10.6 Å². The predicted octanol–water partition coefficient (Wildman–Crippen LogP) is 5.19. The number of rotatable bonds is 14. The second-order valence-electron chi connectivity index (χ2n) is 10.1. The highest BCUT2D eigenvalue weighted by Crippen LogP contribution is 2.19. The molecule has 0 aromatic heterocycles. The van der Waals surface area contributed by atoms with Crippen LogP contribution in [0.15, 0.2) is 146 Å². The first-order valence-electron chi connectivity index (χ1n) is 14.7. The van der Waals surface area contributed by atoms with Crippen LogP contribution in [0.4, 0.5) is 11.4 Å². The lowest BCUT2D eigenvalue weighted by Gasteiger charge is -2.21. The Labute approximate surface area is 263 Å². The molecule has 0 heterocycles. The monoisotopic (exact) mass is 600 g/mol. The van der Waals surface area contributed by atoms with E-state index in [1.165, 1.54) is 24.3 Å². The van der Waals surface area contributed by atoms with E-state index in [2.05, 4.69) is 10.6 Å². The zero-order chi connectivity index (χ0) is 31.7. The van der Waals surface area contributed by atoms with Crippen molar-refractivity contribution >= 4 is 35.0 Å². The van der Waals surface area contributed by atoms with E-state index in [0.29, 0.717) is 32.6 Å². The van der Waals surface area contributed by atoms with E-state index in [1.807, 2.05) is 121 Å². The number of amides is 4. The smallest absolute Gasteiger partial charge is 0.251 e. The van der Waals surface area contributed by atoms with Gasteiger partial charge >= 0.3 is 0 Å². The Balaban J connectivity index is 1.21. The molecule has 0 aliphatic rings. The molecule has 0 spiro atoms. The first kappa shape index (κ1) is 32.2. The van der Waals surface area contributed by atoms with E-state index < -0.39 is 11.8 Å². The van der Waals surface area contributed by atoms with Crippen molar-refractivity contribution in [3.63, 3.8) is 0 Å². The number of carbonyl (C=O) groups excluding carboxylic acids is 4. The van der Waals surface area contributed by atoms with Crippen LogP contribution in [0, 0.1) is 0 Å². The molecule has 0 saturated carbocycles. The van der Waals surface area contributed by atoms with Crippen LogP contribution in [0.5, 0.6) is 0 Å². The van der Waals surface area contributed by atoms with Gasteiger partial charge in [-0.2, -0.15) is 0 Å².